The monoisotopic (exact) mass is 218 g/mol. The van der Waals surface area contributed by atoms with Crippen LogP contribution >= 0.6 is 0 Å². The molecule has 1 N–H and O–H groups in total. The molecule has 2 heteroatoms. The number of fused-ring (bicyclic) bond motifs is 9. The minimum Gasteiger partial charge on any atom is -0.481 e. The van der Waals surface area contributed by atoms with E-state index in [2.05, 4.69) is 12.2 Å². The van der Waals surface area contributed by atoms with Gasteiger partial charge in [0.25, 0.3) is 0 Å². The molecule has 0 spiro atoms. The quantitative estimate of drug-likeness (QED) is 0.542. The Kier molecular flexibility index (Phi) is 1.47. The van der Waals surface area contributed by atoms with E-state index in [9.17, 15) is 9.90 Å². The molecule has 86 valence electrons. The third-order valence-corrected chi connectivity index (χ3v) is 6.14. The van der Waals surface area contributed by atoms with E-state index in [0.29, 0.717) is 23.7 Å². The molecule has 2 nitrogen and oxygen atoms in total. The van der Waals surface area contributed by atoms with Crippen molar-refractivity contribution in [2.75, 3.05) is 0 Å². The second-order valence-electron chi connectivity index (χ2n) is 6.63. The largest absolute Gasteiger partial charge is 0.481 e. The minimum atomic E-state index is -0.551. The van der Waals surface area contributed by atoms with Gasteiger partial charge in [0, 0.05) is 0 Å². The highest BCUT2D eigenvalue weighted by atomic mass is 16.4. The highest BCUT2D eigenvalue weighted by Crippen LogP contribution is 2.70. The van der Waals surface area contributed by atoms with Gasteiger partial charge in [-0.3, -0.25) is 4.79 Å². The highest BCUT2D eigenvalue weighted by Gasteiger charge is 2.66. The Morgan fingerprint density at radius 2 is 1.94 bits per heavy atom. The molecule has 4 aliphatic rings. The Balaban J connectivity index is 1.76. The molecule has 16 heavy (non-hydrogen) atoms. The van der Waals surface area contributed by atoms with Crippen molar-refractivity contribution < 1.29 is 9.90 Å². The summed E-state index contributed by atoms with van der Waals surface area (Å²) >= 11 is 0. The van der Waals surface area contributed by atoms with Crippen molar-refractivity contribution in [2.24, 2.45) is 40.9 Å². The Bertz CT molecular complexity index is 400. The van der Waals surface area contributed by atoms with Crippen LogP contribution in [0, 0.1) is 40.9 Å². The third kappa shape index (κ3) is 0.813. The molecule has 0 aromatic heterocycles. The van der Waals surface area contributed by atoms with Crippen molar-refractivity contribution in [1.29, 1.82) is 0 Å². The molecular formula is C14H18O2. The van der Waals surface area contributed by atoms with E-state index in [4.69, 9.17) is 0 Å². The van der Waals surface area contributed by atoms with Crippen LogP contribution in [0.5, 0.6) is 0 Å². The molecule has 7 atom stereocenters. The maximum Gasteiger partial charge on any atom is 0.309 e. The van der Waals surface area contributed by atoms with Crippen molar-refractivity contribution >= 4 is 5.97 Å². The summed E-state index contributed by atoms with van der Waals surface area (Å²) in [5.41, 5.74) is -0.413. The molecule has 3 saturated carbocycles. The summed E-state index contributed by atoms with van der Waals surface area (Å²) < 4.78 is 0. The molecule has 0 aliphatic heterocycles. The SMILES string of the molecule is C[C@]1(C(=O)O)C[C@H]2C[C@@H]1C1C3C=C[C@H](C3)C12. The van der Waals surface area contributed by atoms with E-state index >= 15 is 0 Å². The molecular weight excluding hydrogens is 200 g/mol. The Morgan fingerprint density at radius 1 is 1.25 bits per heavy atom. The maximum atomic E-state index is 11.5. The number of hydrogen-bond acceptors (Lipinski definition) is 1. The van der Waals surface area contributed by atoms with Crippen LogP contribution in [-0.2, 0) is 4.79 Å². The molecule has 0 radical (unpaired) electrons. The van der Waals surface area contributed by atoms with Gasteiger partial charge in [-0.2, -0.15) is 0 Å². The number of allylic oxidation sites excluding steroid dienone is 2. The number of carboxylic acid groups (broad SMARTS) is 1. The number of carboxylic acids is 1. The smallest absolute Gasteiger partial charge is 0.309 e. The summed E-state index contributed by atoms with van der Waals surface area (Å²) in [5, 5.41) is 9.47. The molecule has 3 fully saturated rings. The summed E-state index contributed by atoms with van der Waals surface area (Å²) in [6, 6.07) is 0. The molecule has 0 saturated heterocycles. The van der Waals surface area contributed by atoms with Crippen molar-refractivity contribution in [1.82, 2.24) is 0 Å². The lowest BCUT2D eigenvalue weighted by molar-refractivity contribution is -0.153. The van der Waals surface area contributed by atoms with Gasteiger partial charge in [-0.05, 0) is 61.7 Å². The zero-order valence-electron chi connectivity index (χ0n) is 9.60. The number of carbonyl (C=O) groups is 1. The van der Waals surface area contributed by atoms with Gasteiger partial charge in [-0.25, -0.2) is 0 Å². The zero-order chi connectivity index (χ0) is 11.1. The molecule has 0 aromatic carbocycles. The minimum absolute atomic E-state index is 0.413. The van der Waals surface area contributed by atoms with Crippen LogP contribution in [0.25, 0.3) is 0 Å². The average Bonchev–Trinajstić information content (AvgIpc) is 2.92. The van der Waals surface area contributed by atoms with E-state index < -0.39 is 11.4 Å². The van der Waals surface area contributed by atoms with Gasteiger partial charge in [0.2, 0.25) is 0 Å². The van der Waals surface area contributed by atoms with Gasteiger partial charge >= 0.3 is 5.97 Å². The van der Waals surface area contributed by atoms with Crippen LogP contribution in [0.15, 0.2) is 12.2 Å². The van der Waals surface area contributed by atoms with Crippen molar-refractivity contribution in [2.45, 2.75) is 26.2 Å². The van der Waals surface area contributed by atoms with Crippen molar-refractivity contribution in [3.63, 3.8) is 0 Å². The summed E-state index contributed by atoms with van der Waals surface area (Å²) in [5.74, 6) is 3.66. The van der Waals surface area contributed by atoms with Crippen LogP contribution in [0.4, 0.5) is 0 Å². The van der Waals surface area contributed by atoms with Gasteiger partial charge in [0.05, 0.1) is 5.41 Å². The van der Waals surface area contributed by atoms with Crippen molar-refractivity contribution in [3.05, 3.63) is 12.2 Å². The Hall–Kier alpha value is -0.790. The first-order chi connectivity index (χ1) is 7.61. The molecule has 0 aromatic rings. The first-order valence-electron chi connectivity index (χ1n) is 6.53. The summed E-state index contributed by atoms with van der Waals surface area (Å²) in [6.07, 6.45) is 8.22. The number of rotatable bonds is 1. The summed E-state index contributed by atoms with van der Waals surface area (Å²) in [7, 11) is 0. The zero-order valence-corrected chi connectivity index (χ0v) is 9.60. The molecule has 4 bridgehead atoms. The Labute approximate surface area is 95.7 Å². The highest BCUT2D eigenvalue weighted by molar-refractivity contribution is 5.75. The lowest BCUT2D eigenvalue weighted by Crippen LogP contribution is -2.42. The topological polar surface area (TPSA) is 37.3 Å². The van der Waals surface area contributed by atoms with E-state index in [1.807, 2.05) is 6.92 Å². The number of hydrogen-bond donors (Lipinski definition) is 1. The lowest BCUT2D eigenvalue weighted by atomic mass is 9.63. The molecule has 0 heterocycles. The van der Waals surface area contributed by atoms with E-state index in [1.165, 1.54) is 12.8 Å². The van der Waals surface area contributed by atoms with Crippen LogP contribution < -0.4 is 0 Å². The summed E-state index contributed by atoms with van der Waals surface area (Å²) in [4.78, 5) is 11.5. The van der Waals surface area contributed by atoms with Crippen LogP contribution in [0.1, 0.15) is 26.2 Å². The van der Waals surface area contributed by atoms with Crippen LogP contribution in [0.2, 0.25) is 0 Å². The standard InChI is InChI=1S/C14H18O2/c1-14(13(15)16)6-9-5-10(14)12-8-3-2-7(4-8)11(9)12/h2-3,7-12H,4-6H2,1H3,(H,15,16)/t7-,8?,9-,10-,11?,12?,14+/m1/s1. The number of aliphatic carboxylic acids is 1. The predicted molar refractivity (Wildman–Crippen MR) is 59.7 cm³/mol. The molecule has 0 amide bonds. The maximum absolute atomic E-state index is 11.5. The normalized spacial score (nSPS) is 60.6. The Morgan fingerprint density at radius 3 is 2.62 bits per heavy atom. The second-order valence-corrected chi connectivity index (χ2v) is 6.63. The summed E-state index contributed by atoms with van der Waals surface area (Å²) in [6.45, 7) is 1.99. The van der Waals surface area contributed by atoms with Crippen LogP contribution in [-0.4, -0.2) is 11.1 Å². The average molecular weight is 218 g/mol. The van der Waals surface area contributed by atoms with Crippen molar-refractivity contribution in [3.8, 4) is 0 Å². The van der Waals surface area contributed by atoms with Gasteiger partial charge in [-0.15, -0.1) is 0 Å². The first kappa shape index (κ1) is 9.26. The fourth-order valence-electron chi connectivity index (χ4n) is 5.62. The van der Waals surface area contributed by atoms with E-state index in [-0.39, 0.29) is 0 Å². The van der Waals surface area contributed by atoms with Gasteiger partial charge in [0.1, 0.15) is 0 Å². The van der Waals surface area contributed by atoms with Gasteiger partial charge in [-0.1, -0.05) is 12.2 Å². The van der Waals surface area contributed by atoms with Gasteiger partial charge < -0.3 is 5.11 Å². The third-order valence-electron chi connectivity index (χ3n) is 6.14. The van der Waals surface area contributed by atoms with Gasteiger partial charge in [0.15, 0.2) is 0 Å². The van der Waals surface area contributed by atoms with Crippen LogP contribution in [0.3, 0.4) is 0 Å². The molecule has 4 rings (SSSR count). The van der Waals surface area contributed by atoms with E-state index in [0.717, 1.165) is 18.3 Å². The predicted octanol–water partition coefficient (Wildman–Crippen LogP) is 2.56. The fourth-order valence-corrected chi connectivity index (χ4v) is 5.62. The lowest BCUT2D eigenvalue weighted by Gasteiger charge is -2.40. The molecule has 4 aliphatic carbocycles. The second kappa shape index (κ2) is 2.55. The first-order valence-corrected chi connectivity index (χ1v) is 6.53. The van der Waals surface area contributed by atoms with E-state index in [1.54, 1.807) is 0 Å². The fraction of sp³-hybridized carbons (Fsp3) is 0.786. The molecule has 3 unspecified atom stereocenters.